The molecule has 0 spiro atoms. The van der Waals surface area contributed by atoms with E-state index in [9.17, 15) is 14.4 Å². The molecule has 0 saturated heterocycles. The van der Waals surface area contributed by atoms with Gasteiger partial charge in [-0.3, -0.25) is 14.4 Å². The molecule has 0 saturated carbocycles. The summed E-state index contributed by atoms with van der Waals surface area (Å²) in [6.45, 7) is 9.03. The summed E-state index contributed by atoms with van der Waals surface area (Å²) in [6, 6.07) is 0. The first kappa shape index (κ1) is 55.4. The molecule has 0 fully saturated rings. The van der Waals surface area contributed by atoms with E-state index in [1.54, 1.807) is 0 Å². The summed E-state index contributed by atoms with van der Waals surface area (Å²) in [5, 5.41) is 0. The van der Waals surface area contributed by atoms with E-state index in [0.29, 0.717) is 19.3 Å². The smallest absolute Gasteiger partial charge is 0.306 e. The number of hydrogen-bond acceptors (Lipinski definition) is 6. The Labute approximate surface area is 355 Å². The first-order chi connectivity index (χ1) is 27.9. The van der Waals surface area contributed by atoms with Crippen molar-refractivity contribution in [3.8, 4) is 0 Å². The third-order valence-electron chi connectivity index (χ3n) is 11.9. The average Bonchev–Trinajstić information content (AvgIpc) is 3.21. The Bertz CT molecular complexity index is 859. The summed E-state index contributed by atoms with van der Waals surface area (Å²) in [5.74, 6) is 0.00125. The molecule has 0 aromatic heterocycles. The van der Waals surface area contributed by atoms with Gasteiger partial charge in [0, 0.05) is 19.3 Å². The van der Waals surface area contributed by atoms with Gasteiger partial charge in [0.2, 0.25) is 0 Å². The van der Waals surface area contributed by atoms with Crippen LogP contribution in [0, 0.1) is 5.92 Å². The van der Waals surface area contributed by atoms with E-state index in [1.165, 1.54) is 180 Å². The van der Waals surface area contributed by atoms with Crippen LogP contribution in [0.1, 0.15) is 285 Å². The lowest BCUT2D eigenvalue weighted by molar-refractivity contribution is -0.167. The van der Waals surface area contributed by atoms with Gasteiger partial charge in [-0.2, -0.15) is 0 Å². The minimum Gasteiger partial charge on any atom is -0.462 e. The van der Waals surface area contributed by atoms with Gasteiger partial charge in [0.15, 0.2) is 6.10 Å². The molecule has 0 aliphatic rings. The van der Waals surface area contributed by atoms with Crippen molar-refractivity contribution in [2.24, 2.45) is 5.92 Å². The molecule has 0 radical (unpaired) electrons. The second-order valence-corrected chi connectivity index (χ2v) is 17.7. The molecule has 0 amide bonds. The Morgan fingerprint density at radius 2 is 0.614 bits per heavy atom. The zero-order valence-corrected chi connectivity index (χ0v) is 38.8. The van der Waals surface area contributed by atoms with Gasteiger partial charge in [0.05, 0.1) is 0 Å². The van der Waals surface area contributed by atoms with Gasteiger partial charge in [-0.15, -0.1) is 0 Å². The highest BCUT2D eigenvalue weighted by atomic mass is 16.6. The third-order valence-corrected chi connectivity index (χ3v) is 11.9. The minimum atomic E-state index is -0.760. The van der Waals surface area contributed by atoms with Gasteiger partial charge in [-0.05, 0) is 25.2 Å². The Kier molecular flexibility index (Phi) is 44.2. The van der Waals surface area contributed by atoms with E-state index in [4.69, 9.17) is 14.2 Å². The molecule has 0 rings (SSSR count). The predicted molar refractivity (Wildman–Crippen MR) is 243 cm³/mol. The molecule has 338 valence electrons. The van der Waals surface area contributed by atoms with Crippen molar-refractivity contribution in [3.05, 3.63) is 0 Å². The van der Waals surface area contributed by atoms with E-state index in [0.717, 1.165) is 63.7 Å². The first-order valence-electron chi connectivity index (χ1n) is 25.4. The molecule has 0 aromatic rings. The molecule has 6 heteroatoms. The highest BCUT2D eigenvalue weighted by molar-refractivity contribution is 5.71. The maximum absolute atomic E-state index is 12.8. The molecule has 0 aliphatic carbocycles. The second kappa shape index (κ2) is 45.5. The van der Waals surface area contributed by atoms with Crippen LogP contribution in [0.2, 0.25) is 0 Å². The van der Waals surface area contributed by atoms with Crippen LogP contribution in [0.5, 0.6) is 0 Å². The van der Waals surface area contributed by atoms with E-state index < -0.39 is 6.10 Å². The third kappa shape index (κ3) is 43.8. The van der Waals surface area contributed by atoms with Crippen LogP contribution in [-0.2, 0) is 28.6 Å². The Balaban J connectivity index is 4.32. The van der Waals surface area contributed by atoms with Crippen LogP contribution in [0.4, 0.5) is 0 Å². The van der Waals surface area contributed by atoms with E-state index in [1.807, 2.05) is 0 Å². The molecule has 0 N–H and O–H groups in total. The highest BCUT2D eigenvalue weighted by Gasteiger charge is 2.19. The summed E-state index contributed by atoms with van der Waals surface area (Å²) in [5.41, 5.74) is 0. The summed E-state index contributed by atoms with van der Waals surface area (Å²) in [6.07, 6.45) is 46.5. The summed E-state index contributed by atoms with van der Waals surface area (Å²) in [4.78, 5) is 37.9. The van der Waals surface area contributed by atoms with Crippen LogP contribution in [0.3, 0.4) is 0 Å². The molecule has 0 aromatic carbocycles. The maximum Gasteiger partial charge on any atom is 0.306 e. The monoisotopic (exact) mass is 807 g/mol. The van der Waals surface area contributed by atoms with Gasteiger partial charge >= 0.3 is 17.9 Å². The molecule has 57 heavy (non-hydrogen) atoms. The van der Waals surface area contributed by atoms with E-state index in [-0.39, 0.29) is 31.1 Å². The Hall–Kier alpha value is -1.59. The predicted octanol–water partition coefficient (Wildman–Crippen LogP) is 16.3. The van der Waals surface area contributed by atoms with Crippen molar-refractivity contribution < 1.29 is 28.6 Å². The van der Waals surface area contributed by atoms with Crippen molar-refractivity contribution in [3.63, 3.8) is 0 Å². The van der Waals surface area contributed by atoms with Crippen LogP contribution in [-0.4, -0.2) is 37.2 Å². The van der Waals surface area contributed by atoms with Crippen LogP contribution in [0.15, 0.2) is 0 Å². The fraction of sp³-hybridized carbons (Fsp3) is 0.941. The number of ether oxygens (including phenoxy) is 3. The molecule has 1 unspecified atom stereocenters. The standard InChI is InChI=1S/C51H98O6/c1-5-8-10-12-14-16-18-20-22-23-25-30-34-38-42-49(52)55-45-48(46-56-50(53)43-39-35-31-28-27-29-33-37-41-47(4)7-3)57-51(54)44-40-36-32-26-24-21-19-17-15-13-11-9-6-2/h47-48H,5-46H2,1-4H3/t47?,48-/m0/s1. The fourth-order valence-corrected chi connectivity index (χ4v) is 7.66. The lowest BCUT2D eigenvalue weighted by atomic mass is 9.99. The van der Waals surface area contributed by atoms with Gasteiger partial charge in [-0.1, -0.05) is 246 Å². The topological polar surface area (TPSA) is 78.9 Å². The molecular formula is C51H98O6. The number of hydrogen-bond donors (Lipinski definition) is 0. The SMILES string of the molecule is CCCCCCCCCCCCCCCCC(=O)OC[C@@H](COC(=O)CCCCCCCCCCC(C)CC)OC(=O)CCCCCCCCCCCCCCC. The van der Waals surface area contributed by atoms with Crippen molar-refractivity contribution >= 4 is 17.9 Å². The van der Waals surface area contributed by atoms with Gasteiger partial charge in [0.25, 0.3) is 0 Å². The highest BCUT2D eigenvalue weighted by Crippen LogP contribution is 2.17. The number of unbranched alkanes of at least 4 members (excludes halogenated alkanes) is 32. The van der Waals surface area contributed by atoms with Crippen LogP contribution < -0.4 is 0 Å². The number of carbonyl (C=O) groups excluding carboxylic acids is 3. The van der Waals surface area contributed by atoms with Crippen molar-refractivity contribution in [2.75, 3.05) is 13.2 Å². The quantitative estimate of drug-likeness (QED) is 0.0346. The normalized spacial score (nSPS) is 12.4. The van der Waals surface area contributed by atoms with Gasteiger partial charge in [0.1, 0.15) is 13.2 Å². The summed E-state index contributed by atoms with van der Waals surface area (Å²) in [7, 11) is 0. The summed E-state index contributed by atoms with van der Waals surface area (Å²) >= 11 is 0. The lowest BCUT2D eigenvalue weighted by Gasteiger charge is -2.18. The van der Waals surface area contributed by atoms with Crippen LogP contribution in [0.25, 0.3) is 0 Å². The van der Waals surface area contributed by atoms with Crippen molar-refractivity contribution in [1.29, 1.82) is 0 Å². The van der Waals surface area contributed by atoms with Gasteiger partial charge < -0.3 is 14.2 Å². The van der Waals surface area contributed by atoms with E-state index >= 15 is 0 Å². The Morgan fingerprint density at radius 1 is 0.351 bits per heavy atom. The second-order valence-electron chi connectivity index (χ2n) is 17.7. The number of carbonyl (C=O) groups is 3. The molecular weight excluding hydrogens is 709 g/mol. The fourth-order valence-electron chi connectivity index (χ4n) is 7.66. The lowest BCUT2D eigenvalue weighted by Crippen LogP contribution is -2.30. The van der Waals surface area contributed by atoms with Crippen molar-refractivity contribution in [2.45, 2.75) is 291 Å². The summed E-state index contributed by atoms with van der Waals surface area (Å²) < 4.78 is 16.8. The average molecular weight is 807 g/mol. The molecule has 2 atom stereocenters. The zero-order chi connectivity index (χ0) is 41.7. The van der Waals surface area contributed by atoms with Gasteiger partial charge in [-0.25, -0.2) is 0 Å². The molecule has 0 bridgehead atoms. The molecule has 0 heterocycles. The molecule has 0 aliphatic heterocycles. The maximum atomic E-state index is 12.8. The minimum absolute atomic E-state index is 0.0631. The van der Waals surface area contributed by atoms with E-state index in [2.05, 4.69) is 27.7 Å². The van der Waals surface area contributed by atoms with Crippen LogP contribution >= 0.6 is 0 Å². The molecule has 6 nitrogen and oxygen atoms in total. The number of rotatable bonds is 46. The first-order valence-corrected chi connectivity index (χ1v) is 25.4. The largest absolute Gasteiger partial charge is 0.462 e. The zero-order valence-electron chi connectivity index (χ0n) is 38.8. The van der Waals surface area contributed by atoms with Crippen molar-refractivity contribution in [1.82, 2.24) is 0 Å². The Morgan fingerprint density at radius 3 is 0.912 bits per heavy atom. The number of esters is 3.